The Hall–Kier alpha value is -2.08. The molecular weight excluding hydrogens is 222 g/mol. The van der Waals surface area contributed by atoms with E-state index in [2.05, 4.69) is 37.1 Å². The van der Waals surface area contributed by atoms with Crippen molar-refractivity contribution in [2.75, 3.05) is 5.32 Å². The van der Waals surface area contributed by atoms with E-state index in [0.29, 0.717) is 5.56 Å². The summed E-state index contributed by atoms with van der Waals surface area (Å²) in [4.78, 5) is 4.55. The zero-order chi connectivity index (χ0) is 13.2. The Morgan fingerprint density at radius 2 is 2.06 bits per heavy atom. The molecule has 0 bridgehead atoms. The maximum atomic E-state index is 9.21. The van der Waals surface area contributed by atoms with E-state index in [1.807, 2.05) is 30.3 Å². The number of nitrogens with zero attached hydrogens (tertiary/aromatic N) is 2. The molecule has 0 amide bonds. The van der Waals surface area contributed by atoms with Crippen LogP contribution in [0.3, 0.4) is 0 Å². The Morgan fingerprint density at radius 3 is 2.72 bits per heavy atom. The largest absolute Gasteiger partial charge is 0.365 e. The molecule has 18 heavy (non-hydrogen) atoms. The molecule has 0 saturated heterocycles. The Kier molecular flexibility index (Phi) is 3.20. The molecule has 2 aromatic rings. The van der Waals surface area contributed by atoms with Gasteiger partial charge in [-0.2, -0.15) is 5.26 Å². The van der Waals surface area contributed by atoms with Gasteiger partial charge in [0.1, 0.15) is 5.82 Å². The minimum Gasteiger partial charge on any atom is -0.365 e. The van der Waals surface area contributed by atoms with Gasteiger partial charge in [0.2, 0.25) is 0 Å². The first kappa shape index (κ1) is 12.4. The average molecular weight is 239 g/mol. The van der Waals surface area contributed by atoms with Crippen LogP contribution in [0.2, 0.25) is 0 Å². The smallest absolute Gasteiger partial charge is 0.128 e. The van der Waals surface area contributed by atoms with Crippen molar-refractivity contribution in [1.29, 1.82) is 5.26 Å². The summed E-state index contributed by atoms with van der Waals surface area (Å²) in [6.07, 6.45) is 0.989. The molecule has 0 saturated carbocycles. The minimum atomic E-state index is -0.0256. The van der Waals surface area contributed by atoms with E-state index < -0.39 is 0 Å². The quantitative estimate of drug-likeness (QED) is 0.888. The molecule has 1 N–H and O–H groups in total. The van der Waals surface area contributed by atoms with E-state index >= 15 is 0 Å². The molecule has 0 atom stereocenters. The van der Waals surface area contributed by atoms with E-state index in [4.69, 9.17) is 0 Å². The molecule has 0 spiro atoms. The maximum Gasteiger partial charge on any atom is 0.128 e. The van der Waals surface area contributed by atoms with Crippen molar-refractivity contribution in [1.82, 2.24) is 4.98 Å². The monoisotopic (exact) mass is 239 g/mol. The lowest BCUT2D eigenvalue weighted by Crippen LogP contribution is -2.30. The lowest BCUT2D eigenvalue weighted by Gasteiger charge is -2.25. The third-order valence-electron chi connectivity index (χ3n) is 3.19. The molecule has 1 aromatic carbocycles. The molecular formula is C15H17N3. The second-order valence-electron chi connectivity index (χ2n) is 5.05. The first-order valence-electron chi connectivity index (χ1n) is 6.14. The van der Waals surface area contributed by atoms with Gasteiger partial charge >= 0.3 is 0 Å². The van der Waals surface area contributed by atoms with Gasteiger partial charge in [0, 0.05) is 10.9 Å². The third kappa shape index (κ3) is 2.43. The molecule has 1 heterocycles. The number of anilines is 1. The van der Waals surface area contributed by atoms with Gasteiger partial charge in [-0.3, -0.25) is 0 Å². The lowest BCUT2D eigenvalue weighted by atomic mass is 10.0. The van der Waals surface area contributed by atoms with Crippen LogP contribution in [0.25, 0.3) is 10.9 Å². The fourth-order valence-corrected chi connectivity index (χ4v) is 1.77. The summed E-state index contributed by atoms with van der Waals surface area (Å²) in [5, 5.41) is 13.5. The van der Waals surface area contributed by atoms with Crippen molar-refractivity contribution in [2.24, 2.45) is 0 Å². The van der Waals surface area contributed by atoms with Crippen molar-refractivity contribution in [2.45, 2.75) is 32.7 Å². The summed E-state index contributed by atoms with van der Waals surface area (Å²) in [6.45, 7) is 6.37. The normalized spacial score (nSPS) is 11.2. The predicted octanol–water partition coefficient (Wildman–Crippen LogP) is 3.71. The van der Waals surface area contributed by atoms with Crippen molar-refractivity contribution in [3.8, 4) is 6.07 Å². The van der Waals surface area contributed by atoms with Gasteiger partial charge in [0.15, 0.2) is 0 Å². The number of benzene rings is 1. The van der Waals surface area contributed by atoms with E-state index in [1.54, 1.807) is 0 Å². The Balaban J connectivity index is 2.51. The van der Waals surface area contributed by atoms with Crippen molar-refractivity contribution < 1.29 is 0 Å². The van der Waals surface area contributed by atoms with Gasteiger partial charge in [0.05, 0.1) is 17.1 Å². The number of pyridine rings is 1. The summed E-state index contributed by atoms with van der Waals surface area (Å²) in [6, 6.07) is 11.8. The van der Waals surface area contributed by atoms with Gasteiger partial charge in [-0.1, -0.05) is 25.1 Å². The molecule has 0 aliphatic carbocycles. The van der Waals surface area contributed by atoms with Gasteiger partial charge < -0.3 is 5.32 Å². The molecule has 0 radical (unpaired) electrons. The van der Waals surface area contributed by atoms with Crippen LogP contribution in [0.4, 0.5) is 5.82 Å². The van der Waals surface area contributed by atoms with E-state index in [1.165, 1.54) is 0 Å². The third-order valence-corrected chi connectivity index (χ3v) is 3.19. The number of para-hydroxylation sites is 1. The second-order valence-corrected chi connectivity index (χ2v) is 5.05. The van der Waals surface area contributed by atoms with Crippen molar-refractivity contribution in [3.05, 3.63) is 35.9 Å². The fourth-order valence-electron chi connectivity index (χ4n) is 1.77. The van der Waals surface area contributed by atoms with Gasteiger partial charge in [-0.25, -0.2) is 4.98 Å². The molecule has 3 heteroatoms. The van der Waals surface area contributed by atoms with Crippen LogP contribution in [0.15, 0.2) is 30.3 Å². The van der Waals surface area contributed by atoms with Crippen LogP contribution in [-0.2, 0) is 0 Å². The zero-order valence-corrected chi connectivity index (χ0v) is 11.0. The standard InChI is InChI=1S/C15H17N3/c1-4-15(2,3)18-14-9-11(10-16)12-7-5-6-8-13(12)17-14/h5-9H,4H2,1-3H3,(H,17,18). The number of rotatable bonds is 3. The van der Waals surface area contributed by atoms with Crippen molar-refractivity contribution >= 4 is 16.7 Å². The van der Waals surface area contributed by atoms with E-state index in [-0.39, 0.29) is 5.54 Å². The van der Waals surface area contributed by atoms with Crippen LogP contribution in [0.5, 0.6) is 0 Å². The summed E-state index contributed by atoms with van der Waals surface area (Å²) in [5.41, 5.74) is 1.49. The maximum absolute atomic E-state index is 9.21. The van der Waals surface area contributed by atoms with E-state index in [0.717, 1.165) is 23.1 Å². The van der Waals surface area contributed by atoms with Gasteiger partial charge in [-0.15, -0.1) is 0 Å². The number of aromatic nitrogens is 1. The first-order chi connectivity index (χ1) is 8.55. The minimum absolute atomic E-state index is 0.0256. The van der Waals surface area contributed by atoms with Crippen LogP contribution >= 0.6 is 0 Å². The summed E-state index contributed by atoms with van der Waals surface area (Å²) in [7, 11) is 0. The first-order valence-corrected chi connectivity index (χ1v) is 6.14. The SMILES string of the molecule is CCC(C)(C)Nc1cc(C#N)c2ccccc2n1. The highest BCUT2D eigenvalue weighted by molar-refractivity contribution is 5.86. The van der Waals surface area contributed by atoms with Crippen LogP contribution in [0, 0.1) is 11.3 Å². The summed E-state index contributed by atoms with van der Waals surface area (Å²) < 4.78 is 0. The topological polar surface area (TPSA) is 48.7 Å². The molecule has 0 unspecified atom stereocenters. The summed E-state index contributed by atoms with van der Waals surface area (Å²) in [5.74, 6) is 0.761. The molecule has 3 nitrogen and oxygen atoms in total. The molecule has 0 aliphatic heterocycles. The average Bonchev–Trinajstić information content (AvgIpc) is 2.37. The number of fused-ring (bicyclic) bond motifs is 1. The Labute approximate surface area is 107 Å². The Morgan fingerprint density at radius 1 is 1.33 bits per heavy atom. The highest BCUT2D eigenvalue weighted by Crippen LogP contribution is 2.23. The van der Waals surface area contributed by atoms with Crippen LogP contribution < -0.4 is 5.32 Å². The zero-order valence-electron chi connectivity index (χ0n) is 11.0. The highest BCUT2D eigenvalue weighted by Gasteiger charge is 2.16. The molecule has 1 aromatic heterocycles. The molecule has 92 valence electrons. The van der Waals surface area contributed by atoms with E-state index in [9.17, 15) is 5.26 Å². The van der Waals surface area contributed by atoms with Gasteiger partial charge in [-0.05, 0) is 32.4 Å². The van der Waals surface area contributed by atoms with Gasteiger partial charge in [0.25, 0.3) is 0 Å². The molecule has 0 fully saturated rings. The van der Waals surface area contributed by atoms with Crippen LogP contribution in [0.1, 0.15) is 32.8 Å². The Bertz CT molecular complexity index is 609. The fraction of sp³-hybridized carbons (Fsp3) is 0.333. The second kappa shape index (κ2) is 4.66. The summed E-state index contributed by atoms with van der Waals surface area (Å²) >= 11 is 0. The highest BCUT2D eigenvalue weighted by atomic mass is 15.0. The number of nitriles is 1. The molecule has 2 rings (SSSR count). The number of hydrogen-bond donors (Lipinski definition) is 1. The number of hydrogen-bond acceptors (Lipinski definition) is 3. The van der Waals surface area contributed by atoms with Crippen LogP contribution in [-0.4, -0.2) is 10.5 Å². The number of nitrogens with one attached hydrogen (secondary N) is 1. The molecule has 0 aliphatic rings. The lowest BCUT2D eigenvalue weighted by molar-refractivity contribution is 0.545. The van der Waals surface area contributed by atoms with Crippen molar-refractivity contribution in [3.63, 3.8) is 0 Å². The predicted molar refractivity (Wildman–Crippen MR) is 74.5 cm³/mol.